The Kier molecular flexibility index (Phi) is 3.29. The van der Waals surface area contributed by atoms with Crippen molar-refractivity contribution in [2.75, 3.05) is 11.1 Å². The number of Topliss-reactive ketones (excluding diaryl/α,β-unsaturated/α-hetero) is 1. The molecule has 0 saturated heterocycles. The predicted molar refractivity (Wildman–Crippen MR) is 72.7 cm³/mol. The van der Waals surface area contributed by atoms with Crippen LogP contribution in [-0.2, 0) is 9.59 Å². The minimum Gasteiger partial charge on any atom is -0.398 e. The minimum atomic E-state index is -0.341. The first-order chi connectivity index (χ1) is 8.45. The van der Waals surface area contributed by atoms with Crippen LogP contribution in [0.4, 0.5) is 10.8 Å². The highest BCUT2D eigenvalue weighted by atomic mass is 32.1. The van der Waals surface area contributed by atoms with E-state index in [0.717, 1.165) is 15.8 Å². The lowest BCUT2D eigenvalue weighted by Crippen LogP contribution is -2.14. The van der Waals surface area contributed by atoms with Crippen LogP contribution >= 0.6 is 11.3 Å². The van der Waals surface area contributed by atoms with Crippen molar-refractivity contribution in [3.05, 3.63) is 17.7 Å². The van der Waals surface area contributed by atoms with Crippen LogP contribution in [0.3, 0.4) is 0 Å². The molecule has 1 amide bonds. The number of ketones is 1. The van der Waals surface area contributed by atoms with Gasteiger partial charge in [0.15, 0.2) is 5.13 Å². The quantitative estimate of drug-likeness (QED) is 0.656. The summed E-state index contributed by atoms with van der Waals surface area (Å²) in [6.07, 6.45) is -0.128. The van der Waals surface area contributed by atoms with Gasteiger partial charge in [-0.25, -0.2) is 4.98 Å². The summed E-state index contributed by atoms with van der Waals surface area (Å²) in [6.45, 7) is 3.30. The third-order valence-electron chi connectivity index (χ3n) is 2.43. The van der Waals surface area contributed by atoms with Crippen molar-refractivity contribution in [2.45, 2.75) is 20.3 Å². The lowest BCUT2D eigenvalue weighted by atomic mass is 10.2. The molecule has 0 aliphatic carbocycles. The molecule has 0 atom stereocenters. The smallest absolute Gasteiger partial charge is 0.233 e. The monoisotopic (exact) mass is 263 g/mol. The zero-order chi connectivity index (χ0) is 13.3. The molecule has 0 spiro atoms. The molecule has 18 heavy (non-hydrogen) atoms. The van der Waals surface area contributed by atoms with Crippen molar-refractivity contribution in [1.29, 1.82) is 0 Å². The first-order valence-electron chi connectivity index (χ1n) is 5.41. The van der Waals surface area contributed by atoms with Crippen LogP contribution in [-0.4, -0.2) is 16.7 Å². The number of thiazole rings is 1. The number of carbonyl (C=O) groups excluding carboxylic acids is 2. The first kappa shape index (κ1) is 12.5. The maximum absolute atomic E-state index is 11.4. The van der Waals surface area contributed by atoms with Gasteiger partial charge in [0.2, 0.25) is 5.91 Å². The SMILES string of the molecule is CC(=O)CC(=O)Nc1nc2cc(N)c(C)cc2s1. The average molecular weight is 263 g/mol. The van der Waals surface area contributed by atoms with Crippen molar-refractivity contribution < 1.29 is 9.59 Å². The number of anilines is 2. The predicted octanol–water partition coefficient (Wildman–Crippen LogP) is 2.10. The molecule has 3 N–H and O–H groups in total. The maximum Gasteiger partial charge on any atom is 0.233 e. The molecule has 1 heterocycles. The molecule has 0 aliphatic heterocycles. The van der Waals surface area contributed by atoms with Crippen molar-refractivity contribution in [3.63, 3.8) is 0 Å². The standard InChI is InChI=1S/C12H13N3O2S/c1-6-3-10-9(5-8(6)13)14-12(18-10)15-11(17)4-7(2)16/h3,5H,4,13H2,1-2H3,(H,14,15,17). The summed E-state index contributed by atoms with van der Waals surface area (Å²) in [5, 5.41) is 3.10. The van der Waals surface area contributed by atoms with Crippen molar-refractivity contribution in [3.8, 4) is 0 Å². The van der Waals surface area contributed by atoms with Crippen molar-refractivity contribution >= 4 is 44.1 Å². The Labute approximate surface area is 108 Å². The van der Waals surface area contributed by atoms with Gasteiger partial charge in [-0.1, -0.05) is 11.3 Å². The highest BCUT2D eigenvalue weighted by Gasteiger charge is 2.10. The summed E-state index contributed by atoms with van der Waals surface area (Å²) in [5.74, 6) is -0.514. The summed E-state index contributed by atoms with van der Waals surface area (Å²) in [5.41, 5.74) is 8.20. The Hall–Kier alpha value is -1.95. The third kappa shape index (κ3) is 2.65. The Morgan fingerprint density at radius 1 is 1.44 bits per heavy atom. The van der Waals surface area contributed by atoms with E-state index < -0.39 is 0 Å². The summed E-state index contributed by atoms with van der Waals surface area (Å²) in [7, 11) is 0. The van der Waals surface area contributed by atoms with Gasteiger partial charge < -0.3 is 11.1 Å². The molecule has 1 aromatic carbocycles. The van der Waals surface area contributed by atoms with Crippen LogP contribution in [0, 0.1) is 6.92 Å². The maximum atomic E-state index is 11.4. The lowest BCUT2D eigenvalue weighted by Gasteiger charge is -1.97. The normalized spacial score (nSPS) is 10.6. The fourth-order valence-electron chi connectivity index (χ4n) is 1.53. The van der Waals surface area contributed by atoms with E-state index in [1.807, 2.05) is 13.0 Å². The van der Waals surface area contributed by atoms with E-state index >= 15 is 0 Å². The number of hydrogen-bond donors (Lipinski definition) is 2. The van der Waals surface area contributed by atoms with E-state index in [9.17, 15) is 9.59 Å². The molecule has 1 aromatic heterocycles. The first-order valence-corrected chi connectivity index (χ1v) is 6.23. The van der Waals surface area contributed by atoms with Crippen LogP contribution < -0.4 is 11.1 Å². The second kappa shape index (κ2) is 4.73. The molecule has 0 unspecified atom stereocenters. The molecule has 2 aromatic rings. The van der Waals surface area contributed by atoms with Crippen LogP contribution in [0.1, 0.15) is 18.9 Å². The highest BCUT2D eigenvalue weighted by molar-refractivity contribution is 7.22. The van der Waals surface area contributed by atoms with Crippen LogP contribution in [0.15, 0.2) is 12.1 Å². The van der Waals surface area contributed by atoms with Crippen molar-refractivity contribution in [1.82, 2.24) is 4.98 Å². The number of amides is 1. The molecule has 5 nitrogen and oxygen atoms in total. The number of fused-ring (bicyclic) bond motifs is 1. The Morgan fingerprint density at radius 3 is 2.83 bits per heavy atom. The van der Waals surface area contributed by atoms with E-state index in [0.29, 0.717) is 10.8 Å². The molecule has 94 valence electrons. The van der Waals surface area contributed by atoms with Gasteiger partial charge in [-0.3, -0.25) is 9.59 Å². The van der Waals surface area contributed by atoms with Gasteiger partial charge in [-0.15, -0.1) is 0 Å². The number of rotatable bonds is 3. The molecular formula is C12H13N3O2S. The van der Waals surface area contributed by atoms with E-state index in [4.69, 9.17) is 5.73 Å². The van der Waals surface area contributed by atoms with Crippen LogP contribution in [0.5, 0.6) is 0 Å². The number of aryl methyl sites for hydroxylation is 1. The van der Waals surface area contributed by atoms with E-state index in [1.165, 1.54) is 18.3 Å². The largest absolute Gasteiger partial charge is 0.398 e. The van der Waals surface area contributed by atoms with E-state index in [-0.39, 0.29) is 18.1 Å². The zero-order valence-corrected chi connectivity index (χ0v) is 10.9. The number of nitrogen functional groups attached to an aromatic ring is 1. The Balaban J connectivity index is 2.25. The van der Waals surface area contributed by atoms with Crippen LogP contribution in [0.25, 0.3) is 10.2 Å². The number of carbonyl (C=O) groups is 2. The Morgan fingerprint density at radius 2 is 2.17 bits per heavy atom. The topological polar surface area (TPSA) is 85.1 Å². The summed E-state index contributed by atoms with van der Waals surface area (Å²) in [4.78, 5) is 26.5. The number of hydrogen-bond acceptors (Lipinski definition) is 5. The van der Waals surface area contributed by atoms with Gasteiger partial charge in [-0.2, -0.15) is 0 Å². The molecule has 2 rings (SSSR count). The van der Waals surface area contributed by atoms with Gasteiger partial charge >= 0.3 is 0 Å². The molecule has 0 saturated carbocycles. The number of aromatic nitrogens is 1. The number of nitrogens with one attached hydrogen (secondary N) is 1. The van der Waals surface area contributed by atoms with Gasteiger partial charge in [-0.05, 0) is 31.5 Å². The zero-order valence-electron chi connectivity index (χ0n) is 10.1. The third-order valence-corrected chi connectivity index (χ3v) is 3.37. The van der Waals surface area contributed by atoms with Gasteiger partial charge in [0, 0.05) is 5.69 Å². The summed E-state index contributed by atoms with van der Waals surface area (Å²) < 4.78 is 0.958. The fraction of sp³-hybridized carbons (Fsp3) is 0.250. The van der Waals surface area contributed by atoms with E-state index in [1.54, 1.807) is 6.07 Å². The minimum absolute atomic E-state index is 0.128. The molecule has 0 radical (unpaired) electrons. The fourth-order valence-corrected chi connectivity index (χ4v) is 2.50. The Bertz CT molecular complexity index is 595. The number of nitrogens with two attached hydrogens (primary N) is 1. The second-order valence-corrected chi connectivity index (χ2v) is 5.15. The number of benzene rings is 1. The summed E-state index contributed by atoms with van der Waals surface area (Å²) >= 11 is 1.37. The highest BCUT2D eigenvalue weighted by Crippen LogP contribution is 2.29. The summed E-state index contributed by atoms with van der Waals surface area (Å²) in [6, 6.07) is 3.71. The molecular weight excluding hydrogens is 250 g/mol. The lowest BCUT2D eigenvalue weighted by molar-refractivity contribution is -0.124. The van der Waals surface area contributed by atoms with Gasteiger partial charge in [0.1, 0.15) is 5.78 Å². The number of nitrogens with zero attached hydrogens (tertiary/aromatic N) is 1. The van der Waals surface area contributed by atoms with Gasteiger partial charge in [0.25, 0.3) is 0 Å². The molecule has 0 fully saturated rings. The van der Waals surface area contributed by atoms with Crippen molar-refractivity contribution in [2.24, 2.45) is 0 Å². The molecule has 6 heteroatoms. The van der Waals surface area contributed by atoms with Gasteiger partial charge in [0.05, 0.1) is 16.6 Å². The second-order valence-electron chi connectivity index (χ2n) is 4.12. The van der Waals surface area contributed by atoms with E-state index in [2.05, 4.69) is 10.3 Å². The molecule has 0 bridgehead atoms. The molecule has 0 aliphatic rings. The average Bonchev–Trinajstić information content (AvgIpc) is 2.58. The van der Waals surface area contributed by atoms with Crippen LogP contribution in [0.2, 0.25) is 0 Å².